The molecular weight excluding hydrogens is 366 g/mol. The number of ketones is 1. The van der Waals surface area contributed by atoms with Crippen LogP contribution < -0.4 is 10.9 Å². The van der Waals surface area contributed by atoms with E-state index in [1.807, 2.05) is 6.07 Å². The van der Waals surface area contributed by atoms with E-state index in [0.29, 0.717) is 16.8 Å². The zero-order valence-electron chi connectivity index (χ0n) is 15.3. The molecular formula is C23H17N3O3. The number of benzene rings is 3. The number of amides is 1. The third-order valence-electron chi connectivity index (χ3n) is 4.44. The molecule has 0 aliphatic carbocycles. The number of carbonyl (C=O) groups excluding carboxylic acids is 2. The van der Waals surface area contributed by atoms with Gasteiger partial charge in [0, 0.05) is 11.1 Å². The minimum Gasteiger partial charge on any atom is -0.306 e. The van der Waals surface area contributed by atoms with Crippen molar-refractivity contribution >= 4 is 17.5 Å². The maximum Gasteiger partial charge on any atom is 0.284 e. The van der Waals surface area contributed by atoms with Crippen molar-refractivity contribution in [2.75, 3.05) is 5.32 Å². The van der Waals surface area contributed by atoms with Crippen LogP contribution in [0.15, 0.2) is 95.8 Å². The number of hydrogen-bond acceptors (Lipinski definition) is 3. The highest BCUT2D eigenvalue weighted by Crippen LogP contribution is 2.17. The van der Waals surface area contributed by atoms with Gasteiger partial charge in [0.1, 0.15) is 11.4 Å². The number of hydrogen-bond donors (Lipinski definition) is 2. The van der Waals surface area contributed by atoms with Crippen LogP contribution in [0.25, 0.3) is 5.69 Å². The lowest BCUT2D eigenvalue weighted by Crippen LogP contribution is -2.21. The van der Waals surface area contributed by atoms with E-state index >= 15 is 0 Å². The number of aromatic amines is 1. The van der Waals surface area contributed by atoms with E-state index in [-0.39, 0.29) is 11.4 Å². The SMILES string of the molecule is O=C(Nc1[nH]n(-c2ccccc2)c(=O)c1C(=O)c1ccccc1)c1ccccc1. The van der Waals surface area contributed by atoms with Crippen molar-refractivity contribution in [1.29, 1.82) is 0 Å². The predicted octanol–water partition coefficient (Wildman–Crippen LogP) is 3.65. The van der Waals surface area contributed by atoms with E-state index in [2.05, 4.69) is 10.4 Å². The van der Waals surface area contributed by atoms with Crippen molar-refractivity contribution in [3.8, 4) is 5.69 Å². The smallest absolute Gasteiger partial charge is 0.284 e. The molecule has 0 spiro atoms. The summed E-state index contributed by atoms with van der Waals surface area (Å²) in [5.74, 6) is -0.833. The summed E-state index contributed by atoms with van der Waals surface area (Å²) in [7, 11) is 0. The van der Waals surface area contributed by atoms with Gasteiger partial charge in [-0.15, -0.1) is 0 Å². The van der Waals surface area contributed by atoms with Crippen LogP contribution in [0.2, 0.25) is 0 Å². The average molecular weight is 383 g/mol. The first kappa shape index (κ1) is 18.2. The van der Waals surface area contributed by atoms with Crippen molar-refractivity contribution in [1.82, 2.24) is 9.78 Å². The first-order chi connectivity index (χ1) is 14.1. The molecule has 0 aliphatic heterocycles. The molecule has 6 heteroatoms. The van der Waals surface area contributed by atoms with Gasteiger partial charge in [0.2, 0.25) is 5.78 Å². The molecule has 4 rings (SSSR count). The largest absolute Gasteiger partial charge is 0.306 e. The maximum absolute atomic E-state index is 13.1. The van der Waals surface area contributed by atoms with Gasteiger partial charge in [0.05, 0.1) is 5.69 Å². The van der Waals surface area contributed by atoms with Gasteiger partial charge in [-0.1, -0.05) is 66.7 Å². The maximum atomic E-state index is 13.1. The van der Waals surface area contributed by atoms with Gasteiger partial charge in [0.25, 0.3) is 11.5 Å². The zero-order valence-corrected chi connectivity index (χ0v) is 15.3. The Bertz CT molecular complexity index is 1210. The van der Waals surface area contributed by atoms with E-state index in [1.54, 1.807) is 84.9 Å². The van der Waals surface area contributed by atoms with Gasteiger partial charge in [-0.2, -0.15) is 0 Å². The van der Waals surface area contributed by atoms with Crippen molar-refractivity contribution in [3.05, 3.63) is 118 Å². The van der Waals surface area contributed by atoms with Crippen LogP contribution >= 0.6 is 0 Å². The Morgan fingerprint density at radius 2 is 1.24 bits per heavy atom. The number of carbonyl (C=O) groups is 2. The third-order valence-corrected chi connectivity index (χ3v) is 4.44. The van der Waals surface area contributed by atoms with Crippen LogP contribution in [0.5, 0.6) is 0 Å². The summed E-state index contributed by atoms with van der Waals surface area (Å²) in [4.78, 5) is 38.8. The molecule has 1 aromatic heterocycles. The van der Waals surface area contributed by atoms with Gasteiger partial charge >= 0.3 is 0 Å². The molecule has 3 aromatic carbocycles. The van der Waals surface area contributed by atoms with E-state index in [1.165, 1.54) is 4.68 Å². The third kappa shape index (κ3) is 3.64. The van der Waals surface area contributed by atoms with Crippen LogP contribution in [0.3, 0.4) is 0 Å². The normalized spacial score (nSPS) is 10.5. The second kappa shape index (κ2) is 7.82. The zero-order chi connectivity index (χ0) is 20.2. The number of nitrogens with one attached hydrogen (secondary N) is 2. The predicted molar refractivity (Wildman–Crippen MR) is 111 cm³/mol. The molecule has 142 valence electrons. The Morgan fingerprint density at radius 1 is 0.724 bits per heavy atom. The van der Waals surface area contributed by atoms with E-state index in [9.17, 15) is 14.4 Å². The number of para-hydroxylation sites is 1. The summed E-state index contributed by atoms with van der Waals surface area (Å²) in [6.45, 7) is 0. The number of nitrogens with zero attached hydrogens (tertiary/aromatic N) is 1. The summed E-state index contributed by atoms with van der Waals surface area (Å²) in [6.07, 6.45) is 0. The molecule has 0 aliphatic rings. The molecule has 4 aromatic rings. The molecule has 0 bridgehead atoms. The molecule has 0 saturated carbocycles. The van der Waals surface area contributed by atoms with E-state index in [0.717, 1.165) is 0 Å². The first-order valence-corrected chi connectivity index (χ1v) is 9.02. The Hall–Kier alpha value is -4.19. The van der Waals surface area contributed by atoms with Gasteiger partial charge in [-0.3, -0.25) is 19.5 Å². The standard InChI is InChI=1S/C23H17N3O3/c27-20(16-10-4-1-5-11-16)19-21(24-22(28)17-12-6-2-7-13-17)25-26(23(19)29)18-14-8-3-9-15-18/h1-15,25H,(H,24,28). The lowest BCUT2D eigenvalue weighted by atomic mass is 10.1. The molecule has 1 amide bonds. The van der Waals surface area contributed by atoms with Crippen LogP contribution in [-0.2, 0) is 0 Å². The number of anilines is 1. The van der Waals surface area contributed by atoms with E-state index in [4.69, 9.17) is 0 Å². The Morgan fingerprint density at radius 3 is 1.83 bits per heavy atom. The summed E-state index contributed by atoms with van der Waals surface area (Å²) < 4.78 is 1.25. The summed E-state index contributed by atoms with van der Waals surface area (Å²) in [5.41, 5.74) is 0.676. The van der Waals surface area contributed by atoms with Crippen molar-refractivity contribution in [3.63, 3.8) is 0 Å². The highest BCUT2D eigenvalue weighted by Gasteiger charge is 2.24. The van der Waals surface area contributed by atoms with Gasteiger partial charge < -0.3 is 5.32 Å². The Kier molecular flexibility index (Phi) is 4.90. The van der Waals surface area contributed by atoms with E-state index < -0.39 is 17.2 Å². The summed E-state index contributed by atoms with van der Waals surface area (Å²) >= 11 is 0. The molecule has 0 saturated heterocycles. The molecule has 0 atom stereocenters. The molecule has 2 N–H and O–H groups in total. The monoisotopic (exact) mass is 383 g/mol. The van der Waals surface area contributed by atoms with Crippen molar-refractivity contribution < 1.29 is 9.59 Å². The molecule has 6 nitrogen and oxygen atoms in total. The van der Waals surface area contributed by atoms with Crippen molar-refractivity contribution in [2.24, 2.45) is 0 Å². The molecule has 29 heavy (non-hydrogen) atoms. The van der Waals surface area contributed by atoms with Gasteiger partial charge in [-0.05, 0) is 24.3 Å². The highest BCUT2D eigenvalue weighted by atomic mass is 16.2. The fourth-order valence-electron chi connectivity index (χ4n) is 3.01. The lowest BCUT2D eigenvalue weighted by Gasteiger charge is -2.05. The minimum atomic E-state index is -0.534. The number of H-pyrrole nitrogens is 1. The molecule has 1 heterocycles. The minimum absolute atomic E-state index is 0.0570. The van der Waals surface area contributed by atoms with Crippen LogP contribution in [0.4, 0.5) is 5.82 Å². The Balaban J connectivity index is 1.81. The Labute approximate surface area is 166 Å². The van der Waals surface area contributed by atoms with Crippen LogP contribution in [0, 0.1) is 0 Å². The quantitative estimate of drug-likeness (QED) is 0.516. The first-order valence-electron chi connectivity index (χ1n) is 9.02. The second-order valence-corrected chi connectivity index (χ2v) is 6.35. The fourth-order valence-corrected chi connectivity index (χ4v) is 3.01. The fraction of sp³-hybridized carbons (Fsp3) is 0. The molecule has 0 fully saturated rings. The number of rotatable bonds is 5. The van der Waals surface area contributed by atoms with Gasteiger partial charge in [0.15, 0.2) is 0 Å². The number of aromatic nitrogens is 2. The molecule has 0 unspecified atom stereocenters. The van der Waals surface area contributed by atoms with Crippen molar-refractivity contribution in [2.45, 2.75) is 0 Å². The van der Waals surface area contributed by atoms with Gasteiger partial charge in [-0.25, -0.2) is 4.68 Å². The van der Waals surface area contributed by atoms with Crippen LogP contribution in [-0.4, -0.2) is 21.5 Å². The molecule has 0 radical (unpaired) electrons. The second-order valence-electron chi connectivity index (χ2n) is 6.35. The highest BCUT2D eigenvalue weighted by molar-refractivity contribution is 6.14. The van der Waals surface area contributed by atoms with Crippen LogP contribution in [0.1, 0.15) is 26.3 Å². The lowest BCUT2D eigenvalue weighted by molar-refractivity contribution is 0.102. The average Bonchev–Trinajstić information content (AvgIpc) is 3.10. The topological polar surface area (TPSA) is 84.0 Å². The summed E-state index contributed by atoms with van der Waals surface area (Å²) in [5, 5.41) is 5.54. The summed E-state index contributed by atoms with van der Waals surface area (Å²) in [6, 6.07) is 25.9.